The number of imidazole rings is 1. The van der Waals surface area contributed by atoms with Gasteiger partial charge in [0, 0.05) is 37.8 Å². The molecule has 0 saturated carbocycles. The van der Waals surface area contributed by atoms with E-state index in [1.807, 2.05) is 54.1 Å². The number of carbonyl (C=O) groups is 1. The second kappa shape index (κ2) is 8.17. The van der Waals surface area contributed by atoms with Gasteiger partial charge in [0.2, 0.25) is 12.7 Å². The fourth-order valence-corrected chi connectivity index (χ4v) is 3.46. The topological polar surface area (TPSA) is 65.4 Å². The maximum absolute atomic E-state index is 12.7. The third kappa shape index (κ3) is 4.01. The van der Waals surface area contributed by atoms with Gasteiger partial charge in [0.15, 0.2) is 11.5 Å². The van der Waals surface area contributed by atoms with Crippen LogP contribution >= 0.6 is 0 Å². The molecule has 28 heavy (non-hydrogen) atoms. The second-order valence-electron chi connectivity index (χ2n) is 6.80. The summed E-state index contributed by atoms with van der Waals surface area (Å²) in [7, 11) is 0. The summed E-state index contributed by atoms with van der Waals surface area (Å²) in [6.07, 6.45) is 4.05. The van der Waals surface area contributed by atoms with Crippen molar-refractivity contribution in [3.05, 3.63) is 77.9 Å². The van der Waals surface area contributed by atoms with E-state index < -0.39 is 0 Å². The van der Waals surface area contributed by atoms with Gasteiger partial charge < -0.3 is 19.4 Å². The summed E-state index contributed by atoms with van der Waals surface area (Å²) in [4.78, 5) is 16.9. The molecule has 1 N–H and O–H groups in total. The number of hydrogen-bond donors (Lipinski definition) is 1. The van der Waals surface area contributed by atoms with Crippen molar-refractivity contribution in [2.45, 2.75) is 25.8 Å². The van der Waals surface area contributed by atoms with Gasteiger partial charge in [-0.15, -0.1) is 0 Å². The molecule has 1 amide bonds. The molecule has 0 unspecified atom stereocenters. The standard InChI is InChI=1S/C22H23N3O3/c1-16-23-9-11-25(16)12-10-24-22(26)14-19(17-5-3-2-4-6-17)18-7-8-20-21(13-18)28-15-27-20/h2-9,11,13,19H,10,12,14-15H2,1H3,(H,24,26)/t19-/m0/s1. The molecule has 1 atom stereocenters. The third-order valence-corrected chi connectivity index (χ3v) is 4.99. The lowest BCUT2D eigenvalue weighted by molar-refractivity contribution is -0.121. The maximum Gasteiger partial charge on any atom is 0.231 e. The zero-order valence-corrected chi connectivity index (χ0v) is 15.8. The maximum atomic E-state index is 12.7. The number of hydrogen-bond acceptors (Lipinski definition) is 4. The molecule has 2 heterocycles. The van der Waals surface area contributed by atoms with Crippen molar-refractivity contribution in [3.63, 3.8) is 0 Å². The van der Waals surface area contributed by atoms with Crippen molar-refractivity contribution in [2.24, 2.45) is 0 Å². The predicted octanol–water partition coefficient (Wildman–Crippen LogP) is 3.26. The Balaban J connectivity index is 1.46. The molecule has 0 radical (unpaired) electrons. The highest BCUT2D eigenvalue weighted by Crippen LogP contribution is 2.37. The summed E-state index contributed by atoms with van der Waals surface area (Å²) in [6.45, 7) is 3.46. The lowest BCUT2D eigenvalue weighted by Gasteiger charge is -2.18. The number of rotatable bonds is 7. The van der Waals surface area contributed by atoms with Crippen LogP contribution in [0, 0.1) is 6.92 Å². The van der Waals surface area contributed by atoms with E-state index in [9.17, 15) is 4.79 Å². The van der Waals surface area contributed by atoms with Gasteiger partial charge in [-0.25, -0.2) is 4.98 Å². The smallest absolute Gasteiger partial charge is 0.231 e. The summed E-state index contributed by atoms with van der Waals surface area (Å²) < 4.78 is 12.9. The largest absolute Gasteiger partial charge is 0.454 e. The van der Waals surface area contributed by atoms with E-state index in [0.29, 0.717) is 19.5 Å². The first-order valence-electron chi connectivity index (χ1n) is 9.39. The van der Waals surface area contributed by atoms with Gasteiger partial charge in [0.25, 0.3) is 0 Å². The molecule has 0 bridgehead atoms. The van der Waals surface area contributed by atoms with Gasteiger partial charge >= 0.3 is 0 Å². The SMILES string of the molecule is Cc1nccn1CCNC(=O)C[C@@H](c1ccccc1)c1ccc2c(c1)OCO2. The molecule has 1 aromatic heterocycles. The molecule has 6 heteroatoms. The van der Waals surface area contributed by atoms with Crippen molar-refractivity contribution in [1.29, 1.82) is 0 Å². The van der Waals surface area contributed by atoms with Gasteiger partial charge in [-0.1, -0.05) is 36.4 Å². The zero-order chi connectivity index (χ0) is 19.3. The number of aryl methyl sites for hydroxylation is 1. The molecule has 0 fully saturated rings. The third-order valence-electron chi connectivity index (χ3n) is 4.99. The number of fused-ring (bicyclic) bond motifs is 1. The van der Waals surface area contributed by atoms with E-state index in [2.05, 4.69) is 22.4 Å². The minimum absolute atomic E-state index is 0.0179. The summed E-state index contributed by atoms with van der Waals surface area (Å²) >= 11 is 0. The first kappa shape index (κ1) is 18.1. The van der Waals surface area contributed by atoms with E-state index in [4.69, 9.17) is 9.47 Å². The van der Waals surface area contributed by atoms with Crippen molar-refractivity contribution in [2.75, 3.05) is 13.3 Å². The molecule has 1 aliphatic heterocycles. The Morgan fingerprint density at radius 1 is 1.14 bits per heavy atom. The number of ether oxygens (including phenoxy) is 2. The first-order valence-corrected chi connectivity index (χ1v) is 9.39. The molecule has 6 nitrogen and oxygen atoms in total. The van der Waals surface area contributed by atoms with Gasteiger partial charge in [-0.2, -0.15) is 0 Å². The van der Waals surface area contributed by atoms with E-state index in [1.165, 1.54) is 0 Å². The van der Waals surface area contributed by atoms with Crippen LogP contribution in [-0.4, -0.2) is 28.8 Å². The molecule has 0 aliphatic carbocycles. The normalized spacial score (nSPS) is 13.3. The Kier molecular flexibility index (Phi) is 5.28. The summed E-state index contributed by atoms with van der Waals surface area (Å²) in [5.74, 6) is 2.39. The van der Waals surface area contributed by atoms with E-state index >= 15 is 0 Å². The Morgan fingerprint density at radius 3 is 2.75 bits per heavy atom. The number of benzene rings is 2. The molecule has 4 rings (SSSR count). The van der Waals surface area contributed by atoms with E-state index in [0.717, 1.165) is 28.5 Å². The van der Waals surface area contributed by atoms with Crippen molar-refractivity contribution >= 4 is 5.91 Å². The number of nitrogens with zero attached hydrogens (tertiary/aromatic N) is 2. The van der Waals surface area contributed by atoms with Gasteiger partial charge in [0.05, 0.1) is 0 Å². The summed E-state index contributed by atoms with van der Waals surface area (Å²) in [5.41, 5.74) is 2.14. The summed E-state index contributed by atoms with van der Waals surface area (Å²) in [5, 5.41) is 3.03. The van der Waals surface area contributed by atoms with Crippen LogP contribution in [0.2, 0.25) is 0 Å². The van der Waals surface area contributed by atoms with Crippen molar-refractivity contribution < 1.29 is 14.3 Å². The van der Waals surface area contributed by atoms with Gasteiger partial charge in [-0.05, 0) is 30.2 Å². The van der Waals surface area contributed by atoms with Crippen molar-refractivity contribution in [3.8, 4) is 11.5 Å². The van der Waals surface area contributed by atoms with Crippen LogP contribution in [-0.2, 0) is 11.3 Å². The predicted molar refractivity (Wildman–Crippen MR) is 105 cm³/mol. The monoisotopic (exact) mass is 377 g/mol. The van der Waals surface area contributed by atoms with Crippen LogP contribution in [0.25, 0.3) is 0 Å². The number of nitrogens with one attached hydrogen (secondary N) is 1. The minimum Gasteiger partial charge on any atom is -0.454 e. The lowest BCUT2D eigenvalue weighted by atomic mass is 9.88. The second-order valence-corrected chi connectivity index (χ2v) is 6.80. The highest BCUT2D eigenvalue weighted by Gasteiger charge is 2.21. The van der Waals surface area contributed by atoms with Crippen LogP contribution < -0.4 is 14.8 Å². The zero-order valence-electron chi connectivity index (χ0n) is 15.8. The Labute approximate surface area is 164 Å². The highest BCUT2D eigenvalue weighted by atomic mass is 16.7. The molecule has 2 aromatic carbocycles. The number of carbonyl (C=O) groups excluding carboxylic acids is 1. The van der Waals surface area contributed by atoms with E-state index in [1.54, 1.807) is 6.20 Å². The molecule has 0 spiro atoms. The molecule has 0 saturated heterocycles. The van der Waals surface area contributed by atoms with Crippen LogP contribution in [0.15, 0.2) is 60.9 Å². The highest BCUT2D eigenvalue weighted by molar-refractivity contribution is 5.77. The van der Waals surface area contributed by atoms with Crippen LogP contribution in [0.3, 0.4) is 0 Å². The Hall–Kier alpha value is -3.28. The van der Waals surface area contributed by atoms with Gasteiger partial charge in [-0.3, -0.25) is 4.79 Å². The van der Waals surface area contributed by atoms with Crippen LogP contribution in [0.1, 0.15) is 29.3 Å². The Bertz CT molecular complexity index is 953. The Morgan fingerprint density at radius 2 is 1.96 bits per heavy atom. The number of aromatic nitrogens is 2. The van der Waals surface area contributed by atoms with Crippen molar-refractivity contribution in [1.82, 2.24) is 14.9 Å². The molecule has 144 valence electrons. The van der Waals surface area contributed by atoms with Crippen LogP contribution in [0.4, 0.5) is 0 Å². The number of amides is 1. The first-order chi connectivity index (χ1) is 13.7. The average Bonchev–Trinajstić information content (AvgIpc) is 3.35. The quantitative estimate of drug-likeness (QED) is 0.686. The lowest BCUT2D eigenvalue weighted by Crippen LogP contribution is -2.28. The molecule has 1 aliphatic rings. The summed E-state index contributed by atoms with van der Waals surface area (Å²) in [6, 6.07) is 16.0. The molecule has 3 aromatic rings. The van der Waals surface area contributed by atoms with Gasteiger partial charge in [0.1, 0.15) is 5.82 Å². The minimum atomic E-state index is -0.0503. The fraction of sp³-hybridized carbons (Fsp3) is 0.273. The average molecular weight is 377 g/mol. The fourth-order valence-electron chi connectivity index (χ4n) is 3.46. The van der Waals surface area contributed by atoms with E-state index in [-0.39, 0.29) is 18.6 Å². The molecular formula is C22H23N3O3. The molecular weight excluding hydrogens is 354 g/mol. The van der Waals surface area contributed by atoms with Crippen LogP contribution in [0.5, 0.6) is 11.5 Å².